The van der Waals surface area contributed by atoms with Crippen LogP contribution in [0.1, 0.15) is 67.9 Å². The lowest BCUT2D eigenvalue weighted by Gasteiger charge is -2.22. The molecule has 38 heavy (non-hydrogen) atoms. The first-order valence-corrected chi connectivity index (χ1v) is 12.3. The van der Waals surface area contributed by atoms with E-state index in [0.29, 0.717) is 5.56 Å². The molecule has 11 heteroatoms. The minimum absolute atomic E-state index is 0.00957. The van der Waals surface area contributed by atoms with E-state index in [1.807, 2.05) is 41.5 Å². The summed E-state index contributed by atoms with van der Waals surface area (Å²) in [7, 11) is 0. The zero-order chi connectivity index (χ0) is 29.3. The van der Waals surface area contributed by atoms with Crippen LogP contribution in [0.25, 0.3) is 0 Å². The van der Waals surface area contributed by atoms with E-state index in [9.17, 15) is 19.2 Å². The van der Waals surface area contributed by atoms with Crippen molar-refractivity contribution in [2.75, 3.05) is 13.2 Å². The largest absolute Gasteiger partial charge is 0.513 e. The quantitative estimate of drug-likeness (QED) is 0.253. The Morgan fingerprint density at radius 2 is 1.26 bits per heavy atom. The standard InChI is InChI=1S/C27H41NO10/c1-16(35-18(3)29)17(2)36-23(30)20(28)12-19-10-11-21(37-24(31)33-14-26(4,5)6)22(13-19)38-25(32)34-15-27(7,8)9/h10-11,13,16-17,20H,12,14-15,28H2,1-9H3/t16-,17-,20-/m0/s1. The number of nitrogens with two attached hydrogens (primary N) is 1. The van der Waals surface area contributed by atoms with Crippen molar-refractivity contribution in [3.05, 3.63) is 23.8 Å². The zero-order valence-electron chi connectivity index (χ0n) is 23.7. The first-order valence-electron chi connectivity index (χ1n) is 12.3. The van der Waals surface area contributed by atoms with Gasteiger partial charge in [0, 0.05) is 6.92 Å². The molecule has 1 aromatic rings. The normalized spacial score (nSPS) is 13.9. The lowest BCUT2D eigenvalue weighted by atomic mass is 9.99. The van der Waals surface area contributed by atoms with E-state index in [2.05, 4.69) is 0 Å². The Morgan fingerprint density at radius 1 is 0.789 bits per heavy atom. The van der Waals surface area contributed by atoms with Gasteiger partial charge in [-0.15, -0.1) is 0 Å². The Kier molecular flexibility index (Phi) is 12.0. The SMILES string of the molecule is CC(=O)O[C@@H](C)[C@H](C)OC(=O)[C@@H](N)Cc1ccc(OC(=O)OCC(C)(C)C)c(OC(=O)OCC(C)(C)C)c1. The van der Waals surface area contributed by atoms with Crippen molar-refractivity contribution in [1.29, 1.82) is 0 Å². The van der Waals surface area contributed by atoms with Crippen molar-refractivity contribution in [1.82, 2.24) is 0 Å². The van der Waals surface area contributed by atoms with Gasteiger partial charge < -0.3 is 34.2 Å². The third-order valence-electron chi connectivity index (χ3n) is 4.71. The van der Waals surface area contributed by atoms with Crippen molar-refractivity contribution in [2.24, 2.45) is 16.6 Å². The first-order chi connectivity index (χ1) is 17.4. The van der Waals surface area contributed by atoms with E-state index < -0.39 is 42.5 Å². The third kappa shape index (κ3) is 13.3. The van der Waals surface area contributed by atoms with E-state index >= 15 is 0 Å². The molecule has 0 radical (unpaired) electrons. The molecule has 3 atom stereocenters. The summed E-state index contributed by atoms with van der Waals surface area (Å²) in [4.78, 5) is 48.1. The summed E-state index contributed by atoms with van der Waals surface area (Å²) in [5.74, 6) is -1.41. The van der Waals surface area contributed by atoms with Crippen molar-refractivity contribution < 1.29 is 47.6 Å². The van der Waals surface area contributed by atoms with Crippen molar-refractivity contribution in [3.63, 3.8) is 0 Å². The fraction of sp³-hybridized carbons (Fsp3) is 0.630. The van der Waals surface area contributed by atoms with E-state index in [-0.39, 0.29) is 42.0 Å². The minimum atomic E-state index is -1.08. The number of benzene rings is 1. The van der Waals surface area contributed by atoms with E-state index in [0.717, 1.165) is 0 Å². The number of hydrogen-bond donors (Lipinski definition) is 1. The summed E-state index contributed by atoms with van der Waals surface area (Å²) in [6, 6.07) is 3.27. The summed E-state index contributed by atoms with van der Waals surface area (Å²) in [5, 5.41) is 0. The van der Waals surface area contributed by atoms with Crippen molar-refractivity contribution in [3.8, 4) is 11.5 Å². The predicted octanol–water partition coefficient (Wildman–Crippen LogP) is 4.56. The molecule has 0 spiro atoms. The fourth-order valence-electron chi connectivity index (χ4n) is 2.69. The molecule has 2 N–H and O–H groups in total. The molecule has 0 heterocycles. The van der Waals surface area contributed by atoms with Gasteiger partial charge in [0.1, 0.15) is 18.2 Å². The maximum Gasteiger partial charge on any atom is 0.513 e. The highest BCUT2D eigenvalue weighted by Crippen LogP contribution is 2.30. The van der Waals surface area contributed by atoms with Crippen LogP contribution in [0.15, 0.2) is 18.2 Å². The first kappa shape index (κ1) is 32.7. The summed E-state index contributed by atoms with van der Waals surface area (Å²) in [6.07, 6.45) is -3.34. The molecule has 1 aromatic carbocycles. The number of ether oxygens (including phenoxy) is 6. The summed E-state index contributed by atoms with van der Waals surface area (Å²) in [6.45, 7) is 16.0. The maximum absolute atomic E-state index is 12.5. The predicted molar refractivity (Wildman–Crippen MR) is 138 cm³/mol. The van der Waals surface area contributed by atoms with E-state index in [4.69, 9.17) is 34.2 Å². The van der Waals surface area contributed by atoms with Gasteiger partial charge in [-0.05, 0) is 48.8 Å². The van der Waals surface area contributed by atoms with Gasteiger partial charge in [-0.25, -0.2) is 9.59 Å². The highest BCUT2D eigenvalue weighted by Gasteiger charge is 2.25. The van der Waals surface area contributed by atoms with Gasteiger partial charge in [-0.3, -0.25) is 9.59 Å². The molecular weight excluding hydrogens is 498 g/mol. The highest BCUT2D eigenvalue weighted by atomic mass is 16.7. The smallest absolute Gasteiger partial charge is 0.459 e. The second kappa shape index (κ2) is 14.0. The summed E-state index contributed by atoms with van der Waals surface area (Å²) < 4.78 is 31.1. The van der Waals surface area contributed by atoms with Gasteiger partial charge in [-0.2, -0.15) is 0 Å². The average Bonchev–Trinajstić information content (AvgIpc) is 2.76. The molecular formula is C27H41NO10. The molecule has 11 nitrogen and oxygen atoms in total. The molecule has 0 aliphatic rings. The summed E-state index contributed by atoms with van der Waals surface area (Å²) in [5.41, 5.74) is 5.94. The Labute approximate surface area is 224 Å². The van der Waals surface area contributed by atoms with E-state index in [1.165, 1.54) is 19.1 Å². The van der Waals surface area contributed by atoms with Crippen LogP contribution in [-0.2, 0) is 35.0 Å². The number of hydrogen-bond acceptors (Lipinski definition) is 11. The van der Waals surface area contributed by atoms with Gasteiger partial charge in [0.25, 0.3) is 0 Å². The molecule has 214 valence electrons. The zero-order valence-corrected chi connectivity index (χ0v) is 23.7. The van der Waals surface area contributed by atoms with Crippen LogP contribution in [-0.4, -0.2) is 55.7 Å². The molecule has 0 bridgehead atoms. The molecule has 0 aliphatic heterocycles. The van der Waals surface area contributed by atoms with Crippen LogP contribution in [0.3, 0.4) is 0 Å². The second-order valence-corrected chi connectivity index (χ2v) is 11.5. The lowest BCUT2D eigenvalue weighted by molar-refractivity contribution is -0.164. The lowest BCUT2D eigenvalue weighted by Crippen LogP contribution is -2.39. The molecule has 0 amide bonds. The highest BCUT2D eigenvalue weighted by molar-refractivity contribution is 5.76. The average molecular weight is 540 g/mol. The third-order valence-corrected chi connectivity index (χ3v) is 4.71. The van der Waals surface area contributed by atoms with Crippen LogP contribution in [0, 0.1) is 10.8 Å². The van der Waals surface area contributed by atoms with Crippen molar-refractivity contribution >= 4 is 24.2 Å². The summed E-state index contributed by atoms with van der Waals surface area (Å²) >= 11 is 0. The second-order valence-electron chi connectivity index (χ2n) is 11.5. The van der Waals surface area contributed by atoms with Gasteiger partial charge in [0.05, 0.1) is 13.2 Å². The van der Waals surface area contributed by atoms with Crippen LogP contribution in [0.4, 0.5) is 9.59 Å². The topological polar surface area (TPSA) is 150 Å². The van der Waals surface area contributed by atoms with Gasteiger partial charge in [-0.1, -0.05) is 47.6 Å². The number of carbonyl (C=O) groups is 4. The van der Waals surface area contributed by atoms with Crippen LogP contribution in [0.2, 0.25) is 0 Å². The van der Waals surface area contributed by atoms with Gasteiger partial charge >= 0.3 is 24.2 Å². The molecule has 0 aliphatic carbocycles. The Bertz CT molecular complexity index is 977. The Hall–Kier alpha value is -3.34. The van der Waals surface area contributed by atoms with Crippen LogP contribution < -0.4 is 15.2 Å². The monoisotopic (exact) mass is 539 g/mol. The van der Waals surface area contributed by atoms with Crippen molar-refractivity contribution in [2.45, 2.75) is 87.0 Å². The molecule has 1 rings (SSSR count). The number of esters is 2. The molecule has 0 saturated carbocycles. The van der Waals surface area contributed by atoms with Gasteiger partial charge in [0.2, 0.25) is 0 Å². The molecule has 0 saturated heterocycles. The minimum Gasteiger partial charge on any atom is -0.459 e. The van der Waals surface area contributed by atoms with Crippen LogP contribution in [0.5, 0.6) is 11.5 Å². The van der Waals surface area contributed by atoms with Gasteiger partial charge in [0.15, 0.2) is 11.5 Å². The van der Waals surface area contributed by atoms with Crippen LogP contribution >= 0.6 is 0 Å². The Balaban J connectivity index is 3.01. The maximum atomic E-state index is 12.5. The fourth-order valence-corrected chi connectivity index (χ4v) is 2.69. The molecule has 0 aromatic heterocycles. The number of carbonyl (C=O) groups excluding carboxylic acids is 4. The Morgan fingerprint density at radius 3 is 1.74 bits per heavy atom. The molecule has 0 unspecified atom stereocenters. The molecule has 0 fully saturated rings. The van der Waals surface area contributed by atoms with E-state index in [1.54, 1.807) is 19.9 Å². The number of rotatable bonds is 10.